The minimum Gasteiger partial charge on any atom is -0.497 e. The van der Waals surface area contributed by atoms with Gasteiger partial charge in [-0.2, -0.15) is 0 Å². The quantitative estimate of drug-likeness (QED) is 0.702. The predicted octanol–water partition coefficient (Wildman–Crippen LogP) is 2.52. The Bertz CT molecular complexity index is 315. The first-order valence-electron chi connectivity index (χ1n) is 6.34. The summed E-state index contributed by atoms with van der Waals surface area (Å²) in [5, 5.41) is 3.44. The highest BCUT2D eigenvalue weighted by molar-refractivity contribution is 5.50. The lowest BCUT2D eigenvalue weighted by atomic mass is 10.3. The van der Waals surface area contributed by atoms with Gasteiger partial charge in [0.2, 0.25) is 0 Å². The minimum absolute atomic E-state index is 0.910. The van der Waals surface area contributed by atoms with Crippen molar-refractivity contribution in [2.24, 2.45) is 0 Å². The van der Waals surface area contributed by atoms with Crippen LogP contribution in [0.5, 0.6) is 5.75 Å². The molecule has 0 unspecified atom stereocenters. The summed E-state index contributed by atoms with van der Waals surface area (Å²) in [7, 11) is 3.81. The van der Waals surface area contributed by atoms with Crippen molar-refractivity contribution in [2.45, 2.75) is 19.8 Å². The molecule has 0 amide bonds. The molecule has 1 rings (SSSR count). The van der Waals surface area contributed by atoms with Gasteiger partial charge in [0, 0.05) is 31.9 Å². The zero-order valence-electron chi connectivity index (χ0n) is 11.2. The van der Waals surface area contributed by atoms with Crippen LogP contribution in [0.3, 0.4) is 0 Å². The largest absolute Gasteiger partial charge is 0.497 e. The summed E-state index contributed by atoms with van der Waals surface area (Å²) in [6.45, 7) is 5.36. The number of unbranched alkanes of at least 4 members (excludes halogenated alkanes) is 1. The molecule has 0 spiro atoms. The third-order valence-corrected chi connectivity index (χ3v) is 2.83. The maximum Gasteiger partial charge on any atom is 0.120 e. The standard InChI is InChI=1S/C14H24N2O/c1-4-5-9-15-10-11-16(2)13-7-6-8-14(12-13)17-3/h6-8,12,15H,4-5,9-11H2,1-3H3. The first-order valence-corrected chi connectivity index (χ1v) is 6.34. The molecule has 0 aliphatic rings. The van der Waals surface area contributed by atoms with E-state index in [2.05, 4.69) is 36.3 Å². The fourth-order valence-corrected chi connectivity index (χ4v) is 1.65. The van der Waals surface area contributed by atoms with Gasteiger partial charge >= 0.3 is 0 Å². The summed E-state index contributed by atoms with van der Waals surface area (Å²) in [5.41, 5.74) is 1.20. The van der Waals surface area contributed by atoms with Crippen LogP contribution in [0.25, 0.3) is 0 Å². The molecule has 0 fully saturated rings. The lowest BCUT2D eigenvalue weighted by Gasteiger charge is -2.20. The predicted molar refractivity (Wildman–Crippen MR) is 74.0 cm³/mol. The van der Waals surface area contributed by atoms with Crippen LogP contribution in [0.15, 0.2) is 24.3 Å². The molecule has 0 aliphatic heterocycles. The van der Waals surface area contributed by atoms with Crippen LogP contribution >= 0.6 is 0 Å². The third-order valence-electron chi connectivity index (χ3n) is 2.83. The second kappa shape index (κ2) is 7.96. The number of hydrogen-bond donors (Lipinski definition) is 1. The summed E-state index contributed by atoms with van der Waals surface area (Å²) in [6, 6.07) is 8.16. The monoisotopic (exact) mass is 236 g/mol. The van der Waals surface area contributed by atoms with Crippen molar-refractivity contribution in [1.29, 1.82) is 0 Å². The number of nitrogens with one attached hydrogen (secondary N) is 1. The Balaban J connectivity index is 2.33. The molecular weight excluding hydrogens is 212 g/mol. The van der Waals surface area contributed by atoms with Crippen molar-refractivity contribution in [2.75, 3.05) is 38.7 Å². The first-order chi connectivity index (χ1) is 8.27. The fraction of sp³-hybridized carbons (Fsp3) is 0.571. The first kappa shape index (κ1) is 13.8. The lowest BCUT2D eigenvalue weighted by Crippen LogP contribution is -2.29. The highest BCUT2D eigenvalue weighted by Crippen LogP contribution is 2.19. The van der Waals surface area contributed by atoms with Gasteiger partial charge in [-0.15, -0.1) is 0 Å². The van der Waals surface area contributed by atoms with Crippen molar-refractivity contribution >= 4 is 5.69 Å². The van der Waals surface area contributed by atoms with Crippen molar-refractivity contribution in [3.05, 3.63) is 24.3 Å². The molecule has 0 heterocycles. The van der Waals surface area contributed by atoms with Gasteiger partial charge < -0.3 is 15.0 Å². The van der Waals surface area contributed by atoms with E-state index in [1.807, 2.05) is 12.1 Å². The molecule has 0 bridgehead atoms. The van der Waals surface area contributed by atoms with Gasteiger partial charge in [-0.3, -0.25) is 0 Å². The van der Waals surface area contributed by atoms with Crippen LogP contribution in [0.2, 0.25) is 0 Å². The summed E-state index contributed by atoms with van der Waals surface area (Å²) < 4.78 is 5.22. The summed E-state index contributed by atoms with van der Waals surface area (Å²) in [5.74, 6) is 0.910. The van der Waals surface area contributed by atoms with Crippen LogP contribution in [0, 0.1) is 0 Å². The average molecular weight is 236 g/mol. The van der Waals surface area contributed by atoms with E-state index in [-0.39, 0.29) is 0 Å². The molecule has 96 valence electrons. The molecule has 3 heteroatoms. The number of nitrogens with zero attached hydrogens (tertiary/aromatic N) is 1. The second-order valence-corrected chi connectivity index (χ2v) is 4.23. The maximum absolute atomic E-state index is 5.22. The molecule has 0 radical (unpaired) electrons. The topological polar surface area (TPSA) is 24.5 Å². The number of likely N-dealkylation sites (N-methyl/N-ethyl adjacent to an activating group) is 1. The van der Waals surface area contributed by atoms with E-state index in [1.54, 1.807) is 7.11 Å². The van der Waals surface area contributed by atoms with E-state index >= 15 is 0 Å². The number of anilines is 1. The zero-order chi connectivity index (χ0) is 12.5. The van der Waals surface area contributed by atoms with Crippen molar-refractivity contribution in [3.63, 3.8) is 0 Å². The Kier molecular flexibility index (Phi) is 6.48. The van der Waals surface area contributed by atoms with E-state index in [1.165, 1.54) is 18.5 Å². The normalized spacial score (nSPS) is 10.3. The number of ether oxygens (including phenoxy) is 1. The highest BCUT2D eigenvalue weighted by atomic mass is 16.5. The number of hydrogen-bond acceptors (Lipinski definition) is 3. The van der Waals surface area contributed by atoms with Gasteiger partial charge in [-0.05, 0) is 25.1 Å². The van der Waals surface area contributed by atoms with E-state index in [9.17, 15) is 0 Å². The molecule has 1 aromatic carbocycles. The van der Waals surface area contributed by atoms with E-state index in [4.69, 9.17) is 4.74 Å². The molecule has 0 aliphatic carbocycles. The average Bonchev–Trinajstić information content (AvgIpc) is 2.38. The SMILES string of the molecule is CCCCNCCN(C)c1cccc(OC)c1. The smallest absolute Gasteiger partial charge is 0.120 e. The number of benzene rings is 1. The molecule has 1 aromatic rings. The molecule has 0 aromatic heterocycles. The number of rotatable bonds is 8. The maximum atomic E-state index is 5.22. The summed E-state index contributed by atoms with van der Waals surface area (Å²) in [6.07, 6.45) is 2.50. The summed E-state index contributed by atoms with van der Waals surface area (Å²) >= 11 is 0. The van der Waals surface area contributed by atoms with Crippen molar-refractivity contribution in [1.82, 2.24) is 5.32 Å². The summed E-state index contributed by atoms with van der Waals surface area (Å²) in [4.78, 5) is 2.24. The Morgan fingerprint density at radius 2 is 2.12 bits per heavy atom. The Morgan fingerprint density at radius 1 is 1.29 bits per heavy atom. The van der Waals surface area contributed by atoms with Crippen LogP contribution in [-0.2, 0) is 0 Å². The van der Waals surface area contributed by atoms with Gasteiger partial charge in [-0.1, -0.05) is 19.4 Å². The minimum atomic E-state index is 0.910. The van der Waals surface area contributed by atoms with E-state index < -0.39 is 0 Å². The molecule has 3 nitrogen and oxygen atoms in total. The zero-order valence-corrected chi connectivity index (χ0v) is 11.2. The molecule has 1 N–H and O–H groups in total. The van der Waals surface area contributed by atoms with E-state index in [0.717, 1.165) is 25.4 Å². The van der Waals surface area contributed by atoms with E-state index in [0.29, 0.717) is 0 Å². The van der Waals surface area contributed by atoms with Crippen LogP contribution in [-0.4, -0.2) is 33.8 Å². The highest BCUT2D eigenvalue weighted by Gasteiger charge is 2.01. The molecule has 0 saturated carbocycles. The number of methoxy groups -OCH3 is 1. The molecular formula is C14H24N2O. The van der Waals surface area contributed by atoms with Gasteiger partial charge in [0.05, 0.1) is 7.11 Å². The van der Waals surface area contributed by atoms with Gasteiger partial charge in [-0.25, -0.2) is 0 Å². The second-order valence-electron chi connectivity index (χ2n) is 4.23. The van der Waals surface area contributed by atoms with Gasteiger partial charge in [0.25, 0.3) is 0 Å². The molecule has 0 atom stereocenters. The Morgan fingerprint density at radius 3 is 2.82 bits per heavy atom. The van der Waals surface area contributed by atoms with Crippen LogP contribution in [0.1, 0.15) is 19.8 Å². The van der Waals surface area contributed by atoms with Crippen LogP contribution < -0.4 is 15.0 Å². The van der Waals surface area contributed by atoms with Gasteiger partial charge in [0.15, 0.2) is 0 Å². The Labute approximate surface area is 105 Å². The fourth-order valence-electron chi connectivity index (χ4n) is 1.65. The lowest BCUT2D eigenvalue weighted by molar-refractivity contribution is 0.415. The van der Waals surface area contributed by atoms with Gasteiger partial charge in [0.1, 0.15) is 5.75 Å². The molecule has 17 heavy (non-hydrogen) atoms. The third kappa shape index (κ3) is 5.09. The van der Waals surface area contributed by atoms with Crippen LogP contribution in [0.4, 0.5) is 5.69 Å². The molecule has 0 saturated heterocycles. The van der Waals surface area contributed by atoms with Crippen molar-refractivity contribution in [3.8, 4) is 5.75 Å². The van der Waals surface area contributed by atoms with Crippen molar-refractivity contribution < 1.29 is 4.74 Å². The Hall–Kier alpha value is -1.22.